The van der Waals surface area contributed by atoms with Crippen LogP contribution in [0.2, 0.25) is 0 Å². The molecule has 20 heavy (non-hydrogen) atoms. The van der Waals surface area contributed by atoms with Crippen LogP contribution in [0.5, 0.6) is 5.75 Å². The fourth-order valence-corrected chi connectivity index (χ4v) is 3.10. The Bertz CT molecular complexity index is 618. The van der Waals surface area contributed by atoms with Crippen molar-refractivity contribution in [3.63, 3.8) is 0 Å². The second kappa shape index (κ2) is 6.85. The van der Waals surface area contributed by atoms with Crippen LogP contribution in [0.25, 0.3) is 0 Å². The number of amides is 1. The molecule has 104 valence electrons. The minimum absolute atomic E-state index is 0.201. The van der Waals surface area contributed by atoms with Gasteiger partial charge in [0.25, 0.3) is 5.91 Å². The maximum absolute atomic E-state index is 12.2. The molecule has 0 aliphatic heterocycles. The van der Waals surface area contributed by atoms with Gasteiger partial charge in [-0.1, -0.05) is 22.0 Å². The summed E-state index contributed by atoms with van der Waals surface area (Å²) in [5.74, 6) is 0.310. The number of halogens is 2. The van der Waals surface area contributed by atoms with Crippen LogP contribution >= 0.6 is 31.9 Å². The van der Waals surface area contributed by atoms with Crippen LogP contribution in [-0.2, 0) is 6.54 Å². The number of nitrogens with one attached hydrogen (secondary N) is 1. The molecular weight excluding hydrogens is 388 g/mol. The lowest BCUT2D eigenvalue weighted by atomic mass is 10.2. The summed E-state index contributed by atoms with van der Waals surface area (Å²) in [5.41, 5.74) is 1.41. The number of aromatic nitrogens is 1. The number of benzene rings is 1. The van der Waals surface area contributed by atoms with E-state index in [-0.39, 0.29) is 5.91 Å². The maximum atomic E-state index is 12.2. The Hall–Kier alpha value is -1.40. The third-order valence-electron chi connectivity index (χ3n) is 2.63. The van der Waals surface area contributed by atoms with Gasteiger partial charge in [0.15, 0.2) is 0 Å². The van der Waals surface area contributed by atoms with Gasteiger partial charge in [0.2, 0.25) is 0 Å². The Kier molecular flexibility index (Phi) is 5.14. The number of rotatable bonds is 4. The minimum atomic E-state index is -0.201. The summed E-state index contributed by atoms with van der Waals surface area (Å²) in [6.07, 6.45) is 3.41. The SMILES string of the molecule is COc1c(Br)cc(Br)cc1C(=O)NCc1cccnc1. The van der Waals surface area contributed by atoms with E-state index in [4.69, 9.17) is 4.74 Å². The molecule has 0 aliphatic rings. The zero-order valence-corrected chi connectivity index (χ0v) is 13.9. The number of methoxy groups -OCH3 is 1. The standard InChI is InChI=1S/C14H12Br2N2O2/c1-20-13-11(5-10(15)6-12(13)16)14(19)18-8-9-3-2-4-17-7-9/h2-7H,8H2,1H3,(H,18,19). The van der Waals surface area contributed by atoms with Crippen LogP contribution in [0.3, 0.4) is 0 Å². The van der Waals surface area contributed by atoms with Crippen molar-refractivity contribution in [2.24, 2.45) is 0 Å². The number of nitrogens with zero attached hydrogens (tertiary/aromatic N) is 1. The summed E-state index contributed by atoms with van der Waals surface area (Å²) in [5, 5.41) is 2.84. The van der Waals surface area contributed by atoms with Crippen LogP contribution in [0.4, 0.5) is 0 Å². The summed E-state index contributed by atoms with van der Waals surface area (Å²) in [4.78, 5) is 16.3. The van der Waals surface area contributed by atoms with Crippen LogP contribution in [-0.4, -0.2) is 18.0 Å². The molecule has 0 saturated carbocycles. The Morgan fingerprint density at radius 2 is 2.20 bits per heavy atom. The zero-order valence-electron chi connectivity index (χ0n) is 10.7. The third-order valence-corrected chi connectivity index (χ3v) is 3.68. The van der Waals surface area contributed by atoms with Gasteiger partial charge in [0.05, 0.1) is 17.1 Å². The molecule has 0 atom stereocenters. The van der Waals surface area contributed by atoms with Gasteiger partial charge >= 0.3 is 0 Å². The van der Waals surface area contributed by atoms with Crippen molar-refractivity contribution in [2.75, 3.05) is 7.11 Å². The number of ether oxygens (including phenoxy) is 1. The molecular formula is C14H12Br2N2O2. The number of pyridine rings is 1. The van der Waals surface area contributed by atoms with Crippen molar-refractivity contribution >= 4 is 37.8 Å². The Morgan fingerprint density at radius 1 is 1.40 bits per heavy atom. The van der Waals surface area contributed by atoms with E-state index in [9.17, 15) is 4.79 Å². The van der Waals surface area contributed by atoms with E-state index in [1.54, 1.807) is 18.5 Å². The van der Waals surface area contributed by atoms with Crippen molar-refractivity contribution in [3.05, 3.63) is 56.7 Å². The largest absolute Gasteiger partial charge is 0.495 e. The molecule has 2 rings (SSSR count). The van der Waals surface area contributed by atoms with Gasteiger partial charge < -0.3 is 10.1 Å². The van der Waals surface area contributed by atoms with E-state index in [1.165, 1.54) is 7.11 Å². The van der Waals surface area contributed by atoms with E-state index >= 15 is 0 Å². The van der Waals surface area contributed by atoms with Crippen LogP contribution in [0.15, 0.2) is 45.6 Å². The predicted octanol–water partition coefficient (Wildman–Crippen LogP) is 3.55. The quantitative estimate of drug-likeness (QED) is 0.855. The van der Waals surface area contributed by atoms with Gasteiger partial charge in [-0.2, -0.15) is 0 Å². The van der Waals surface area contributed by atoms with E-state index in [1.807, 2.05) is 18.2 Å². The topological polar surface area (TPSA) is 51.2 Å². The van der Waals surface area contributed by atoms with Gasteiger partial charge in [-0.3, -0.25) is 9.78 Å². The summed E-state index contributed by atoms with van der Waals surface area (Å²) in [7, 11) is 1.53. The number of carbonyl (C=O) groups excluding carboxylic acids is 1. The highest BCUT2D eigenvalue weighted by Gasteiger charge is 2.16. The molecule has 0 fully saturated rings. The monoisotopic (exact) mass is 398 g/mol. The summed E-state index contributed by atoms with van der Waals surface area (Å²) < 4.78 is 6.79. The lowest BCUT2D eigenvalue weighted by Gasteiger charge is -2.11. The molecule has 1 heterocycles. The van der Waals surface area contributed by atoms with Gasteiger partial charge in [-0.25, -0.2) is 0 Å². The predicted molar refractivity (Wildman–Crippen MR) is 83.8 cm³/mol. The van der Waals surface area contributed by atoms with Crippen molar-refractivity contribution in [2.45, 2.75) is 6.54 Å². The summed E-state index contributed by atoms with van der Waals surface area (Å²) in [6.45, 7) is 0.417. The lowest BCUT2D eigenvalue weighted by molar-refractivity contribution is 0.0947. The fraction of sp³-hybridized carbons (Fsp3) is 0.143. The van der Waals surface area contributed by atoms with Gasteiger partial charge in [0, 0.05) is 23.4 Å². The van der Waals surface area contributed by atoms with Gasteiger partial charge in [0.1, 0.15) is 5.75 Å². The molecule has 0 saturated heterocycles. The molecule has 0 unspecified atom stereocenters. The van der Waals surface area contributed by atoms with Gasteiger partial charge in [-0.05, 0) is 39.7 Å². The average molecular weight is 400 g/mol. The zero-order chi connectivity index (χ0) is 14.5. The Balaban J connectivity index is 2.17. The molecule has 6 heteroatoms. The second-order valence-corrected chi connectivity index (χ2v) is 5.78. The second-order valence-electron chi connectivity index (χ2n) is 4.01. The van der Waals surface area contributed by atoms with E-state index in [0.29, 0.717) is 17.9 Å². The number of hydrogen-bond acceptors (Lipinski definition) is 3. The van der Waals surface area contributed by atoms with Crippen LogP contribution in [0, 0.1) is 0 Å². The lowest BCUT2D eigenvalue weighted by Crippen LogP contribution is -2.23. The first-order chi connectivity index (χ1) is 9.61. The highest BCUT2D eigenvalue weighted by atomic mass is 79.9. The van der Waals surface area contributed by atoms with Crippen molar-refractivity contribution in [1.29, 1.82) is 0 Å². The molecule has 0 aliphatic carbocycles. The molecule has 1 N–H and O–H groups in total. The van der Waals surface area contributed by atoms with E-state index in [2.05, 4.69) is 42.2 Å². The van der Waals surface area contributed by atoms with E-state index < -0.39 is 0 Å². The fourth-order valence-electron chi connectivity index (χ4n) is 1.72. The van der Waals surface area contributed by atoms with Crippen molar-refractivity contribution in [3.8, 4) is 5.75 Å². The van der Waals surface area contributed by atoms with Crippen LogP contribution in [0.1, 0.15) is 15.9 Å². The number of hydrogen-bond donors (Lipinski definition) is 1. The Labute approximate surface area is 133 Å². The van der Waals surface area contributed by atoms with Crippen molar-refractivity contribution in [1.82, 2.24) is 10.3 Å². The summed E-state index contributed by atoms with van der Waals surface area (Å²) >= 11 is 6.74. The van der Waals surface area contributed by atoms with Gasteiger partial charge in [-0.15, -0.1) is 0 Å². The maximum Gasteiger partial charge on any atom is 0.255 e. The molecule has 4 nitrogen and oxygen atoms in total. The molecule has 1 amide bonds. The first-order valence-corrected chi connectivity index (χ1v) is 7.40. The molecule has 0 bridgehead atoms. The van der Waals surface area contributed by atoms with Crippen LogP contribution < -0.4 is 10.1 Å². The first-order valence-electron chi connectivity index (χ1n) is 5.82. The third kappa shape index (κ3) is 3.58. The highest BCUT2D eigenvalue weighted by Crippen LogP contribution is 2.32. The molecule has 1 aromatic heterocycles. The normalized spacial score (nSPS) is 10.2. The molecule has 1 aromatic carbocycles. The highest BCUT2D eigenvalue weighted by molar-refractivity contribution is 9.11. The molecule has 0 radical (unpaired) electrons. The minimum Gasteiger partial charge on any atom is -0.495 e. The van der Waals surface area contributed by atoms with Crippen molar-refractivity contribution < 1.29 is 9.53 Å². The number of carbonyl (C=O) groups is 1. The average Bonchev–Trinajstić information content (AvgIpc) is 2.45. The first kappa shape index (κ1) is 15.0. The Morgan fingerprint density at radius 3 is 2.85 bits per heavy atom. The summed E-state index contributed by atoms with van der Waals surface area (Å²) in [6, 6.07) is 7.29. The molecule has 2 aromatic rings. The van der Waals surface area contributed by atoms with E-state index in [0.717, 1.165) is 14.5 Å². The smallest absolute Gasteiger partial charge is 0.255 e. The molecule has 0 spiro atoms.